The second kappa shape index (κ2) is 9.13. The summed E-state index contributed by atoms with van der Waals surface area (Å²) in [6.45, 7) is 0. The Kier molecular flexibility index (Phi) is 6.11. The van der Waals surface area contributed by atoms with Gasteiger partial charge in [-0.15, -0.1) is 0 Å². The van der Waals surface area contributed by atoms with Crippen molar-refractivity contribution in [1.29, 1.82) is 0 Å². The Bertz CT molecular complexity index is 1110. The molecule has 0 bridgehead atoms. The van der Waals surface area contributed by atoms with Crippen LogP contribution in [-0.2, 0) is 9.59 Å². The molecule has 2 amide bonds. The number of methoxy groups -OCH3 is 2. The average Bonchev–Trinajstić information content (AvgIpc) is 3.29. The lowest BCUT2D eigenvalue weighted by Crippen LogP contribution is -2.44. The van der Waals surface area contributed by atoms with Crippen LogP contribution in [0, 0.1) is 5.92 Å². The topological polar surface area (TPSA) is 93.9 Å². The van der Waals surface area contributed by atoms with Gasteiger partial charge in [0.1, 0.15) is 17.2 Å². The normalized spacial score (nSPS) is 18.3. The maximum absolute atomic E-state index is 13.2. The van der Waals surface area contributed by atoms with Crippen LogP contribution in [0.1, 0.15) is 24.4 Å². The van der Waals surface area contributed by atoms with Crippen molar-refractivity contribution in [3.05, 3.63) is 60.2 Å². The van der Waals surface area contributed by atoms with E-state index in [1.165, 1.54) is 0 Å². The van der Waals surface area contributed by atoms with E-state index in [-0.39, 0.29) is 17.7 Å². The number of carbonyl (C=O) groups excluding carboxylic acids is 2. The third kappa shape index (κ3) is 4.16. The number of para-hydroxylation sites is 1. The van der Waals surface area contributed by atoms with E-state index in [2.05, 4.69) is 10.5 Å². The summed E-state index contributed by atoms with van der Waals surface area (Å²) < 4.78 is 16.0. The molecule has 0 aliphatic carbocycles. The number of hydrogen-bond acceptors (Lipinski definition) is 6. The Hall–Kier alpha value is -3.81. The Labute approximate surface area is 186 Å². The van der Waals surface area contributed by atoms with E-state index >= 15 is 0 Å². The zero-order valence-corrected chi connectivity index (χ0v) is 18.2. The van der Waals surface area contributed by atoms with Crippen molar-refractivity contribution in [1.82, 2.24) is 10.1 Å². The van der Waals surface area contributed by atoms with E-state index in [0.29, 0.717) is 30.0 Å². The van der Waals surface area contributed by atoms with Gasteiger partial charge in [-0.3, -0.25) is 14.9 Å². The van der Waals surface area contributed by atoms with Crippen LogP contribution in [0.4, 0.5) is 5.88 Å². The molecule has 1 fully saturated rings. The third-order valence-corrected chi connectivity index (χ3v) is 5.79. The minimum atomic E-state index is -0.439. The van der Waals surface area contributed by atoms with Crippen molar-refractivity contribution in [2.75, 3.05) is 26.6 Å². The number of piperidine rings is 1. The van der Waals surface area contributed by atoms with E-state index in [9.17, 15) is 9.59 Å². The summed E-state index contributed by atoms with van der Waals surface area (Å²) in [5.41, 5.74) is 2.19. The van der Waals surface area contributed by atoms with Crippen LogP contribution in [0.2, 0.25) is 0 Å². The lowest BCUT2D eigenvalue weighted by molar-refractivity contribution is -0.140. The van der Waals surface area contributed by atoms with Gasteiger partial charge in [0.25, 0.3) is 0 Å². The molecular weight excluding hydrogens is 410 g/mol. The molecule has 8 heteroatoms. The molecule has 166 valence electrons. The first-order chi connectivity index (χ1) is 15.5. The predicted octanol–water partition coefficient (Wildman–Crippen LogP) is 3.91. The maximum atomic E-state index is 13.2. The zero-order valence-electron chi connectivity index (χ0n) is 18.2. The number of aromatic nitrogens is 1. The summed E-state index contributed by atoms with van der Waals surface area (Å²) in [4.78, 5) is 27.2. The van der Waals surface area contributed by atoms with E-state index < -0.39 is 12.0 Å². The van der Waals surface area contributed by atoms with Crippen LogP contribution in [0.15, 0.2) is 59.1 Å². The number of carbonyl (C=O) groups is 2. The lowest BCUT2D eigenvalue weighted by atomic mass is 9.84. The first kappa shape index (κ1) is 21.4. The summed E-state index contributed by atoms with van der Waals surface area (Å²) in [5, 5.41) is 6.89. The Morgan fingerprint density at radius 1 is 1.12 bits per heavy atom. The molecule has 3 aromatic rings. The molecule has 1 aromatic heterocycles. The van der Waals surface area contributed by atoms with E-state index in [1.54, 1.807) is 32.2 Å². The van der Waals surface area contributed by atoms with Gasteiger partial charge in [-0.1, -0.05) is 29.4 Å². The molecule has 0 radical (unpaired) electrons. The van der Waals surface area contributed by atoms with E-state index in [4.69, 9.17) is 14.0 Å². The third-order valence-electron chi connectivity index (χ3n) is 5.79. The monoisotopic (exact) mass is 435 g/mol. The lowest BCUT2D eigenvalue weighted by Gasteiger charge is -2.38. The number of nitrogens with zero attached hydrogens (tertiary/aromatic N) is 2. The quantitative estimate of drug-likeness (QED) is 0.631. The number of rotatable bonds is 6. The zero-order chi connectivity index (χ0) is 22.7. The van der Waals surface area contributed by atoms with Gasteiger partial charge in [-0.2, -0.15) is 0 Å². The highest BCUT2D eigenvalue weighted by molar-refractivity contribution is 5.94. The fraction of sp³-hybridized carbons (Fsp3) is 0.292. The minimum Gasteiger partial charge on any atom is -0.497 e. The summed E-state index contributed by atoms with van der Waals surface area (Å²) in [6, 6.07) is 16.1. The highest BCUT2D eigenvalue weighted by Crippen LogP contribution is 2.37. The standard InChI is InChI=1S/C24H25N3O5/c1-27-22(28)13-12-18(23(27)15-8-10-16(30-2)11-9-15)24(29)25-21-14-19(26-32-21)17-6-4-5-7-20(17)31-3/h4-11,14,18,23H,12-13H2,1-3H3,(H,25,29). The second-order valence-corrected chi connectivity index (χ2v) is 7.63. The number of amides is 2. The molecule has 2 atom stereocenters. The van der Waals surface area contributed by atoms with Crippen LogP contribution in [-0.4, -0.2) is 43.1 Å². The molecule has 0 saturated carbocycles. The van der Waals surface area contributed by atoms with Crippen molar-refractivity contribution in [3.63, 3.8) is 0 Å². The van der Waals surface area contributed by atoms with Crippen LogP contribution in [0.5, 0.6) is 11.5 Å². The Morgan fingerprint density at radius 2 is 1.88 bits per heavy atom. The van der Waals surface area contributed by atoms with Crippen molar-refractivity contribution < 1.29 is 23.6 Å². The number of ether oxygens (including phenoxy) is 2. The molecule has 2 unspecified atom stereocenters. The minimum absolute atomic E-state index is 0.00740. The van der Waals surface area contributed by atoms with Crippen molar-refractivity contribution in [2.45, 2.75) is 18.9 Å². The van der Waals surface area contributed by atoms with Gasteiger partial charge in [0, 0.05) is 25.1 Å². The van der Waals surface area contributed by atoms with Gasteiger partial charge in [0.2, 0.25) is 17.7 Å². The average molecular weight is 435 g/mol. The highest BCUT2D eigenvalue weighted by Gasteiger charge is 2.39. The highest BCUT2D eigenvalue weighted by atomic mass is 16.5. The molecule has 1 saturated heterocycles. The molecular formula is C24H25N3O5. The molecule has 2 aromatic carbocycles. The molecule has 0 spiro atoms. The van der Waals surface area contributed by atoms with Crippen molar-refractivity contribution >= 4 is 17.7 Å². The van der Waals surface area contributed by atoms with Crippen LogP contribution < -0.4 is 14.8 Å². The second-order valence-electron chi connectivity index (χ2n) is 7.63. The molecule has 4 rings (SSSR count). The predicted molar refractivity (Wildman–Crippen MR) is 118 cm³/mol. The molecule has 1 aliphatic heterocycles. The number of benzene rings is 2. The summed E-state index contributed by atoms with van der Waals surface area (Å²) in [6.07, 6.45) is 0.753. The number of likely N-dealkylation sites (tertiary alicyclic amines) is 1. The van der Waals surface area contributed by atoms with Gasteiger partial charge in [0.05, 0.1) is 26.2 Å². The van der Waals surface area contributed by atoms with Crippen LogP contribution in [0.25, 0.3) is 11.3 Å². The molecule has 32 heavy (non-hydrogen) atoms. The number of hydrogen-bond donors (Lipinski definition) is 1. The first-order valence-corrected chi connectivity index (χ1v) is 10.3. The first-order valence-electron chi connectivity index (χ1n) is 10.3. The van der Waals surface area contributed by atoms with Crippen molar-refractivity contribution in [3.8, 4) is 22.8 Å². The Morgan fingerprint density at radius 3 is 2.59 bits per heavy atom. The fourth-order valence-electron chi connectivity index (χ4n) is 4.10. The van der Waals surface area contributed by atoms with E-state index in [0.717, 1.165) is 11.1 Å². The smallest absolute Gasteiger partial charge is 0.232 e. The fourth-order valence-corrected chi connectivity index (χ4v) is 4.10. The molecule has 2 heterocycles. The summed E-state index contributed by atoms with van der Waals surface area (Å²) >= 11 is 0. The van der Waals surface area contributed by atoms with Crippen LogP contribution >= 0.6 is 0 Å². The maximum Gasteiger partial charge on any atom is 0.232 e. The van der Waals surface area contributed by atoms with E-state index in [1.807, 2.05) is 48.5 Å². The van der Waals surface area contributed by atoms with Gasteiger partial charge in [0.15, 0.2) is 0 Å². The van der Waals surface area contributed by atoms with Crippen LogP contribution in [0.3, 0.4) is 0 Å². The summed E-state index contributed by atoms with van der Waals surface area (Å²) in [7, 11) is 4.91. The van der Waals surface area contributed by atoms with Crippen molar-refractivity contribution in [2.24, 2.45) is 5.92 Å². The molecule has 8 nitrogen and oxygen atoms in total. The van der Waals surface area contributed by atoms with Gasteiger partial charge in [-0.25, -0.2) is 0 Å². The Balaban J connectivity index is 1.56. The SMILES string of the molecule is COc1ccc(C2C(C(=O)Nc3cc(-c4ccccc4OC)no3)CCC(=O)N2C)cc1. The summed E-state index contributed by atoms with van der Waals surface area (Å²) in [5.74, 6) is 0.950. The number of nitrogens with one attached hydrogen (secondary N) is 1. The largest absolute Gasteiger partial charge is 0.497 e. The molecule has 1 aliphatic rings. The number of anilines is 1. The molecule has 1 N–H and O–H groups in total. The van der Waals surface area contributed by atoms with Gasteiger partial charge in [-0.05, 0) is 36.2 Å². The van der Waals surface area contributed by atoms with Gasteiger partial charge >= 0.3 is 0 Å². The van der Waals surface area contributed by atoms with Gasteiger partial charge < -0.3 is 18.9 Å².